The van der Waals surface area contributed by atoms with Crippen molar-refractivity contribution in [1.82, 2.24) is 10.8 Å². The zero-order valence-electron chi connectivity index (χ0n) is 17.7. The lowest BCUT2D eigenvalue weighted by atomic mass is 9.95. The molecule has 0 spiro atoms. The molecule has 9 nitrogen and oxygen atoms in total. The van der Waals surface area contributed by atoms with Crippen LogP contribution in [0, 0.1) is 35.5 Å². The summed E-state index contributed by atoms with van der Waals surface area (Å²) in [7, 11) is -3.33. The number of alkyl halides is 2. The molecular weight excluding hydrogens is 460 g/mol. The number of halogens is 2. The first-order chi connectivity index (χ1) is 15.3. The van der Waals surface area contributed by atoms with Crippen molar-refractivity contribution in [1.29, 1.82) is 0 Å². The summed E-state index contributed by atoms with van der Waals surface area (Å²) in [6.07, 6.45) is -1.72. The largest absolute Gasteiger partial charge is 0.381 e. The lowest BCUT2D eigenvalue weighted by Crippen LogP contribution is -2.61. The van der Waals surface area contributed by atoms with Gasteiger partial charge in [-0.25, -0.2) is 22.7 Å². The Hall–Kier alpha value is -3.03. The standard InChI is InChI=1S/C21H23F2N3O6S/c1-21(29,20(22)23)16(19(28)26-30)25-18(27)13-9-7-12(8-10-13)5-3-4-6-14-11-15(14)17(24)33(2,31)32/h7-10,14-17,20,29-30H,11,24H2,1-2H3,(H,25,27)(H,26,28)/t14?,15?,16-,17?,21+/m1/s1. The minimum absolute atomic E-state index is 0.0111. The molecule has 0 saturated heterocycles. The van der Waals surface area contributed by atoms with Gasteiger partial charge >= 0.3 is 0 Å². The molecule has 12 heteroatoms. The van der Waals surface area contributed by atoms with E-state index in [1.165, 1.54) is 24.3 Å². The van der Waals surface area contributed by atoms with Gasteiger partial charge in [-0.05, 0) is 49.5 Å². The molecule has 33 heavy (non-hydrogen) atoms. The molecule has 1 saturated carbocycles. The molecule has 1 aliphatic rings. The number of aliphatic hydroxyl groups is 1. The van der Waals surface area contributed by atoms with Gasteiger partial charge in [0.1, 0.15) is 11.4 Å². The summed E-state index contributed by atoms with van der Waals surface area (Å²) in [6, 6.07) is 3.43. The number of carbonyl (C=O) groups is 2. The van der Waals surface area contributed by atoms with Gasteiger partial charge in [-0.3, -0.25) is 14.8 Å². The van der Waals surface area contributed by atoms with Crippen molar-refractivity contribution in [2.45, 2.75) is 36.8 Å². The van der Waals surface area contributed by atoms with Gasteiger partial charge in [-0.15, -0.1) is 0 Å². The second kappa shape index (κ2) is 10.3. The third kappa shape index (κ3) is 6.73. The summed E-state index contributed by atoms with van der Waals surface area (Å²) in [6.45, 7) is 0.649. The lowest BCUT2D eigenvalue weighted by molar-refractivity contribution is -0.149. The monoisotopic (exact) mass is 483 g/mol. The zero-order valence-corrected chi connectivity index (χ0v) is 18.5. The van der Waals surface area contributed by atoms with Crippen molar-refractivity contribution in [2.75, 3.05) is 6.26 Å². The molecule has 1 aromatic carbocycles. The van der Waals surface area contributed by atoms with Crippen LogP contribution in [0.5, 0.6) is 0 Å². The molecule has 0 heterocycles. The van der Waals surface area contributed by atoms with E-state index in [9.17, 15) is 31.9 Å². The Bertz CT molecular complexity index is 1130. The Labute approximate surface area is 189 Å². The number of hydroxylamine groups is 1. The number of nitrogens with one attached hydrogen (secondary N) is 2. The first-order valence-corrected chi connectivity index (χ1v) is 11.6. The maximum Gasteiger partial charge on any atom is 0.269 e. The smallest absolute Gasteiger partial charge is 0.269 e. The number of hydrogen-bond acceptors (Lipinski definition) is 7. The Balaban J connectivity index is 2.02. The predicted molar refractivity (Wildman–Crippen MR) is 113 cm³/mol. The van der Waals surface area contributed by atoms with Gasteiger partial charge in [0.05, 0.1) is 0 Å². The highest BCUT2D eigenvalue weighted by atomic mass is 32.2. The molecule has 0 aliphatic heterocycles. The number of benzene rings is 1. The van der Waals surface area contributed by atoms with Gasteiger partial charge in [-0.2, -0.15) is 0 Å². The Morgan fingerprint density at radius 2 is 1.85 bits per heavy atom. The van der Waals surface area contributed by atoms with Crippen LogP contribution in [0.4, 0.5) is 8.78 Å². The van der Waals surface area contributed by atoms with Crippen molar-refractivity contribution in [3.05, 3.63) is 35.4 Å². The van der Waals surface area contributed by atoms with Gasteiger partial charge in [0.25, 0.3) is 18.2 Å². The highest BCUT2D eigenvalue weighted by Gasteiger charge is 2.46. The topological polar surface area (TPSA) is 159 Å². The van der Waals surface area contributed by atoms with Crippen LogP contribution in [-0.2, 0) is 14.6 Å². The van der Waals surface area contributed by atoms with Crippen LogP contribution in [0.2, 0.25) is 0 Å². The molecule has 3 unspecified atom stereocenters. The van der Waals surface area contributed by atoms with E-state index in [0.29, 0.717) is 18.9 Å². The van der Waals surface area contributed by atoms with Gasteiger partial charge in [0.2, 0.25) is 0 Å². The first kappa shape index (κ1) is 26.2. The van der Waals surface area contributed by atoms with E-state index in [0.717, 1.165) is 11.7 Å². The number of rotatable bonds is 7. The Morgan fingerprint density at radius 1 is 1.24 bits per heavy atom. The van der Waals surface area contributed by atoms with E-state index in [1.54, 1.807) is 0 Å². The number of sulfone groups is 1. The average molecular weight is 483 g/mol. The van der Waals surface area contributed by atoms with Crippen LogP contribution in [0.15, 0.2) is 24.3 Å². The third-order valence-electron chi connectivity index (χ3n) is 5.10. The van der Waals surface area contributed by atoms with E-state index in [1.807, 2.05) is 5.32 Å². The second-order valence-corrected chi connectivity index (χ2v) is 10.0. The van der Waals surface area contributed by atoms with Crippen molar-refractivity contribution in [2.24, 2.45) is 17.6 Å². The number of amides is 2. The summed E-state index contributed by atoms with van der Waals surface area (Å²) in [5, 5.41) is 19.6. The molecule has 0 aromatic heterocycles. The molecule has 178 valence electrons. The molecule has 2 amide bonds. The predicted octanol–water partition coefficient (Wildman–Crippen LogP) is -0.373. The van der Waals surface area contributed by atoms with Gasteiger partial charge in [0, 0.05) is 29.2 Å². The summed E-state index contributed by atoms with van der Waals surface area (Å²) >= 11 is 0. The first-order valence-electron chi connectivity index (χ1n) is 9.60. The van der Waals surface area contributed by atoms with Crippen LogP contribution >= 0.6 is 0 Å². The number of hydrogen-bond donors (Lipinski definition) is 5. The van der Waals surface area contributed by atoms with E-state index in [-0.39, 0.29) is 17.4 Å². The highest BCUT2D eigenvalue weighted by Crippen LogP contribution is 2.41. The van der Waals surface area contributed by atoms with Gasteiger partial charge in [0.15, 0.2) is 15.4 Å². The van der Waals surface area contributed by atoms with Gasteiger partial charge in [-0.1, -0.05) is 11.8 Å². The number of nitrogens with two attached hydrogens (primary N) is 1. The van der Waals surface area contributed by atoms with E-state index in [4.69, 9.17) is 10.9 Å². The molecule has 1 aromatic rings. The SMILES string of the molecule is C[C@@](O)(C(F)F)[C@H](NC(=O)c1ccc(C#CC#CC2CC2C(N)S(C)(=O)=O)cc1)C(=O)NO. The number of carbonyl (C=O) groups excluding carboxylic acids is 2. The quantitative estimate of drug-likeness (QED) is 0.201. The van der Waals surface area contributed by atoms with Crippen molar-refractivity contribution in [3.8, 4) is 23.7 Å². The fraction of sp³-hybridized carbons (Fsp3) is 0.429. The average Bonchev–Trinajstić information content (AvgIpc) is 3.52. The second-order valence-electron chi connectivity index (χ2n) is 7.81. The van der Waals surface area contributed by atoms with Crippen molar-refractivity contribution < 1.29 is 37.1 Å². The van der Waals surface area contributed by atoms with Crippen molar-refractivity contribution in [3.63, 3.8) is 0 Å². The van der Waals surface area contributed by atoms with Crippen LogP contribution in [-0.4, -0.2) is 60.2 Å². The molecule has 6 N–H and O–H groups in total. The summed E-state index contributed by atoms with van der Waals surface area (Å²) < 4.78 is 49.0. The van der Waals surface area contributed by atoms with Crippen LogP contribution in [0.3, 0.4) is 0 Å². The fourth-order valence-electron chi connectivity index (χ4n) is 2.88. The van der Waals surface area contributed by atoms with E-state index in [2.05, 4.69) is 23.7 Å². The molecule has 1 fully saturated rings. The summed E-state index contributed by atoms with van der Waals surface area (Å²) in [5.74, 6) is 8.12. The van der Waals surface area contributed by atoms with Gasteiger partial charge < -0.3 is 16.2 Å². The maximum atomic E-state index is 13.1. The fourth-order valence-corrected chi connectivity index (χ4v) is 3.82. The Morgan fingerprint density at radius 3 is 2.36 bits per heavy atom. The summed E-state index contributed by atoms with van der Waals surface area (Å²) in [5.41, 5.74) is 4.33. The summed E-state index contributed by atoms with van der Waals surface area (Å²) in [4.78, 5) is 24.0. The molecule has 5 atom stereocenters. The minimum atomic E-state index is -3.38. The third-order valence-corrected chi connectivity index (χ3v) is 6.44. The van der Waals surface area contributed by atoms with Crippen LogP contribution < -0.4 is 16.5 Å². The zero-order chi connectivity index (χ0) is 25.0. The van der Waals surface area contributed by atoms with E-state index >= 15 is 0 Å². The highest BCUT2D eigenvalue weighted by molar-refractivity contribution is 7.91. The lowest BCUT2D eigenvalue weighted by Gasteiger charge is -2.30. The molecule has 1 aliphatic carbocycles. The molecule has 0 bridgehead atoms. The van der Waals surface area contributed by atoms with E-state index < -0.39 is 45.1 Å². The molecule has 0 radical (unpaired) electrons. The Kier molecular flexibility index (Phi) is 8.16. The van der Waals surface area contributed by atoms with Crippen molar-refractivity contribution >= 4 is 21.7 Å². The van der Waals surface area contributed by atoms with Crippen LogP contribution in [0.1, 0.15) is 29.3 Å². The minimum Gasteiger partial charge on any atom is -0.381 e. The normalized spacial score (nSPS) is 20.7. The van der Waals surface area contributed by atoms with Crippen LogP contribution in [0.25, 0.3) is 0 Å². The maximum absolute atomic E-state index is 13.1. The molecular formula is C21H23F2N3O6S. The molecule has 2 rings (SSSR count).